The van der Waals surface area contributed by atoms with Crippen molar-refractivity contribution in [2.75, 3.05) is 44.0 Å². The minimum Gasteiger partial charge on any atom is -0.489 e. The zero-order chi connectivity index (χ0) is 28.3. The first kappa shape index (κ1) is 27.2. The number of carbonyl (C=O) groups excluding carboxylic acids is 1. The molecule has 3 heterocycles. The van der Waals surface area contributed by atoms with Crippen molar-refractivity contribution in [1.82, 2.24) is 15.1 Å². The average molecular weight is 562 g/mol. The second-order valence-corrected chi connectivity index (χ2v) is 10.9. The van der Waals surface area contributed by atoms with Crippen LogP contribution in [0.1, 0.15) is 40.7 Å². The maximum Gasteiger partial charge on any atom is 0.258 e. The molecule has 214 valence electrons. The van der Waals surface area contributed by atoms with Crippen LogP contribution in [0, 0.1) is 11.6 Å². The molecule has 0 aliphatic carbocycles. The molecule has 6 rings (SSSR count). The molecule has 0 saturated carbocycles. The Morgan fingerprint density at radius 1 is 1.05 bits per heavy atom. The molecule has 2 fully saturated rings. The van der Waals surface area contributed by atoms with Gasteiger partial charge in [-0.2, -0.15) is 5.10 Å². The number of rotatable bonds is 8. The van der Waals surface area contributed by atoms with E-state index in [0.717, 1.165) is 55.2 Å². The van der Waals surface area contributed by atoms with E-state index in [4.69, 9.17) is 9.47 Å². The molecular formula is C31H33F2N5O3. The lowest BCUT2D eigenvalue weighted by molar-refractivity contribution is 0.0904. The fraction of sp³-hybridized carbons (Fsp3) is 0.355. The molecular weight excluding hydrogens is 528 g/mol. The largest absolute Gasteiger partial charge is 0.489 e. The summed E-state index contributed by atoms with van der Waals surface area (Å²) >= 11 is 0. The van der Waals surface area contributed by atoms with Gasteiger partial charge < -0.3 is 25.0 Å². The summed E-state index contributed by atoms with van der Waals surface area (Å²) < 4.78 is 39.2. The van der Waals surface area contributed by atoms with Crippen molar-refractivity contribution in [1.29, 1.82) is 0 Å². The van der Waals surface area contributed by atoms with Crippen molar-refractivity contribution in [3.8, 4) is 5.75 Å². The van der Waals surface area contributed by atoms with E-state index in [1.165, 1.54) is 12.1 Å². The maximum atomic E-state index is 13.7. The van der Waals surface area contributed by atoms with E-state index < -0.39 is 11.6 Å². The number of anilines is 2. The number of hydrogen-bond donors (Lipinski definition) is 3. The predicted octanol–water partition coefficient (Wildman–Crippen LogP) is 5.36. The molecule has 41 heavy (non-hydrogen) atoms. The highest BCUT2D eigenvalue weighted by molar-refractivity contribution is 6.11. The second kappa shape index (κ2) is 11.8. The zero-order valence-electron chi connectivity index (χ0n) is 22.9. The molecule has 2 aliphatic rings. The molecule has 0 radical (unpaired) electrons. The van der Waals surface area contributed by atoms with Gasteiger partial charge in [0.2, 0.25) is 0 Å². The van der Waals surface area contributed by atoms with Gasteiger partial charge in [-0.3, -0.25) is 9.89 Å². The van der Waals surface area contributed by atoms with Gasteiger partial charge in [-0.15, -0.1) is 0 Å². The van der Waals surface area contributed by atoms with Crippen LogP contribution in [0.5, 0.6) is 5.75 Å². The van der Waals surface area contributed by atoms with Gasteiger partial charge in [0, 0.05) is 49.9 Å². The van der Waals surface area contributed by atoms with Crippen molar-refractivity contribution in [3.05, 3.63) is 82.9 Å². The number of carbonyl (C=O) groups is 1. The van der Waals surface area contributed by atoms with Crippen LogP contribution in [0.15, 0.2) is 54.6 Å². The van der Waals surface area contributed by atoms with Gasteiger partial charge in [-0.05, 0) is 80.3 Å². The topological polar surface area (TPSA) is 91.5 Å². The Morgan fingerprint density at radius 3 is 2.61 bits per heavy atom. The first-order valence-electron chi connectivity index (χ1n) is 14.0. The summed E-state index contributed by atoms with van der Waals surface area (Å²) in [5.41, 5.74) is 3.27. The number of fused-ring (bicyclic) bond motifs is 1. The Morgan fingerprint density at radius 2 is 1.85 bits per heavy atom. The first-order chi connectivity index (χ1) is 19.9. The Labute approximate surface area is 237 Å². The first-order valence-corrected chi connectivity index (χ1v) is 14.0. The van der Waals surface area contributed by atoms with Crippen molar-refractivity contribution in [2.24, 2.45) is 0 Å². The summed E-state index contributed by atoms with van der Waals surface area (Å²) in [7, 11) is 2.08. The van der Waals surface area contributed by atoms with E-state index in [0.29, 0.717) is 47.7 Å². The van der Waals surface area contributed by atoms with Crippen molar-refractivity contribution >= 4 is 28.3 Å². The molecule has 1 amide bonds. The molecule has 0 bridgehead atoms. The monoisotopic (exact) mass is 561 g/mol. The predicted molar refractivity (Wildman–Crippen MR) is 154 cm³/mol. The third-order valence-corrected chi connectivity index (χ3v) is 7.66. The number of likely N-dealkylation sites (N-methyl/N-ethyl adjacent to an activating group) is 1. The molecule has 10 heteroatoms. The summed E-state index contributed by atoms with van der Waals surface area (Å²) in [5, 5.41) is 14.5. The number of H-pyrrole nitrogens is 1. The number of halogens is 2. The van der Waals surface area contributed by atoms with Crippen LogP contribution in [0.25, 0.3) is 10.9 Å². The van der Waals surface area contributed by atoms with E-state index in [9.17, 15) is 13.6 Å². The normalized spacial score (nSPS) is 18.1. The summed E-state index contributed by atoms with van der Waals surface area (Å²) in [5.74, 6) is -0.439. The van der Waals surface area contributed by atoms with Crippen LogP contribution >= 0.6 is 0 Å². The van der Waals surface area contributed by atoms with Crippen LogP contribution in [0.3, 0.4) is 0 Å². The minimum absolute atomic E-state index is 0.115. The third-order valence-electron chi connectivity index (χ3n) is 7.66. The van der Waals surface area contributed by atoms with E-state index in [1.54, 1.807) is 6.07 Å². The zero-order valence-corrected chi connectivity index (χ0v) is 22.9. The summed E-state index contributed by atoms with van der Waals surface area (Å²) in [6.45, 7) is 3.21. The van der Waals surface area contributed by atoms with E-state index in [1.807, 2.05) is 30.3 Å². The number of nitrogens with zero attached hydrogens (tertiary/aromatic N) is 2. The highest BCUT2D eigenvalue weighted by Crippen LogP contribution is 2.29. The van der Waals surface area contributed by atoms with Crippen LogP contribution in [0.4, 0.5) is 20.3 Å². The number of amides is 1. The van der Waals surface area contributed by atoms with Crippen molar-refractivity contribution in [2.45, 2.75) is 37.8 Å². The van der Waals surface area contributed by atoms with Gasteiger partial charge in [-0.25, -0.2) is 8.78 Å². The Balaban J connectivity index is 1.24. The Bertz CT molecular complexity index is 1530. The number of nitrogens with one attached hydrogen (secondary N) is 3. The molecule has 2 aliphatic heterocycles. The molecule has 3 N–H and O–H groups in total. The summed E-state index contributed by atoms with van der Waals surface area (Å²) in [6, 6.07) is 14.8. The summed E-state index contributed by atoms with van der Waals surface area (Å²) in [6.07, 6.45) is 3.11. The van der Waals surface area contributed by atoms with Crippen LogP contribution in [-0.2, 0) is 11.2 Å². The van der Waals surface area contributed by atoms with E-state index in [2.05, 4.69) is 32.8 Å². The lowest BCUT2D eigenvalue weighted by Crippen LogP contribution is -2.29. The molecule has 3 aromatic carbocycles. The van der Waals surface area contributed by atoms with Gasteiger partial charge in [-0.1, -0.05) is 6.07 Å². The lowest BCUT2D eigenvalue weighted by atomic mass is 10.0. The molecule has 1 atom stereocenters. The highest BCUT2D eigenvalue weighted by atomic mass is 19.1. The van der Waals surface area contributed by atoms with Gasteiger partial charge >= 0.3 is 0 Å². The van der Waals surface area contributed by atoms with Crippen molar-refractivity contribution < 1.29 is 23.0 Å². The summed E-state index contributed by atoms with van der Waals surface area (Å²) in [4.78, 5) is 15.8. The number of hydrogen-bond acceptors (Lipinski definition) is 6. The molecule has 2 saturated heterocycles. The van der Waals surface area contributed by atoms with Crippen LogP contribution in [0.2, 0.25) is 0 Å². The fourth-order valence-electron chi connectivity index (χ4n) is 5.55. The van der Waals surface area contributed by atoms with Gasteiger partial charge in [0.05, 0.1) is 16.8 Å². The quantitative estimate of drug-likeness (QED) is 0.268. The van der Waals surface area contributed by atoms with Crippen LogP contribution < -0.4 is 15.4 Å². The SMILES string of the molecule is CN1CC[C@@H](Oc2ccc(C(=O)Nc3n[nH]c4ccc(Cc5cc(F)cc(F)c5)cc34)c(NC3CCOCC3)c2)C1. The molecule has 0 spiro atoms. The number of aromatic amines is 1. The minimum atomic E-state index is -0.616. The molecule has 0 unspecified atom stereocenters. The smallest absolute Gasteiger partial charge is 0.258 e. The molecule has 8 nitrogen and oxygen atoms in total. The average Bonchev–Trinajstić information content (AvgIpc) is 3.54. The van der Waals surface area contributed by atoms with Crippen molar-refractivity contribution in [3.63, 3.8) is 0 Å². The number of likely N-dealkylation sites (tertiary alicyclic amines) is 1. The van der Waals surface area contributed by atoms with E-state index >= 15 is 0 Å². The van der Waals surface area contributed by atoms with Gasteiger partial charge in [0.15, 0.2) is 5.82 Å². The number of benzene rings is 3. The second-order valence-electron chi connectivity index (χ2n) is 10.9. The number of aromatic nitrogens is 2. The highest BCUT2D eigenvalue weighted by Gasteiger charge is 2.23. The standard InChI is InChI=1S/C31H33F2N5O3/c1-38-9-6-25(18-38)41-24-3-4-26(29(17-24)34-23-7-10-40-11-8-23)31(39)35-30-27-15-19(2-5-28(27)36-37-30)12-20-13-21(32)16-22(33)14-20/h2-5,13-17,23,25,34H,6-12,18H2,1H3,(H2,35,36,37,39)/t25-/m1/s1. The Hall–Kier alpha value is -4.02. The molecule has 4 aromatic rings. The number of ether oxygens (including phenoxy) is 2. The molecule has 1 aromatic heterocycles. The third kappa shape index (κ3) is 6.49. The van der Waals surface area contributed by atoms with Gasteiger partial charge in [0.25, 0.3) is 5.91 Å². The van der Waals surface area contributed by atoms with Crippen LogP contribution in [-0.4, -0.2) is 66.5 Å². The maximum absolute atomic E-state index is 13.7. The Kier molecular flexibility index (Phi) is 7.84. The fourth-order valence-corrected chi connectivity index (χ4v) is 5.55. The van der Waals surface area contributed by atoms with E-state index in [-0.39, 0.29) is 18.1 Å². The lowest BCUT2D eigenvalue weighted by Gasteiger charge is -2.26. The van der Waals surface area contributed by atoms with Gasteiger partial charge in [0.1, 0.15) is 23.5 Å².